The van der Waals surface area contributed by atoms with Crippen molar-refractivity contribution in [2.24, 2.45) is 4.99 Å². The molecule has 1 aromatic rings. The Morgan fingerprint density at radius 1 is 1.44 bits per heavy atom. The maximum atomic E-state index is 5.73. The van der Waals surface area contributed by atoms with Crippen molar-refractivity contribution in [1.29, 1.82) is 0 Å². The Morgan fingerprint density at radius 3 is 2.94 bits per heavy atom. The normalized spacial score (nSPS) is 22.2. The summed E-state index contributed by atoms with van der Waals surface area (Å²) in [5, 5.41) is 3.36. The molecule has 3 N–H and O–H groups in total. The number of nitrogens with zero attached hydrogens (tertiary/aromatic N) is 3. The molecule has 0 saturated heterocycles. The van der Waals surface area contributed by atoms with E-state index in [2.05, 4.69) is 27.2 Å². The van der Waals surface area contributed by atoms with Crippen LogP contribution >= 0.6 is 0 Å². The lowest BCUT2D eigenvalue weighted by atomic mass is 10.1. The number of anilines is 2. The minimum Gasteiger partial charge on any atom is -0.368 e. The van der Waals surface area contributed by atoms with Crippen molar-refractivity contribution >= 4 is 23.7 Å². The van der Waals surface area contributed by atoms with Crippen LogP contribution in [-0.4, -0.2) is 22.2 Å². The Morgan fingerprint density at radius 2 is 2.25 bits per heavy atom. The number of nitrogens with two attached hydrogens (primary N) is 1. The quantitative estimate of drug-likeness (QED) is 0.810. The minimum absolute atomic E-state index is 0.292. The van der Waals surface area contributed by atoms with Crippen LogP contribution in [0.1, 0.15) is 37.8 Å². The molecule has 5 heteroatoms. The Labute approximate surface area is 94.2 Å². The second-order valence-corrected chi connectivity index (χ2v) is 4.38. The molecule has 0 radical (unpaired) electrons. The van der Waals surface area contributed by atoms with E-state index < -0.39 is 0 Å². The van der Waals surface area contributed by atoms with Gasteiger partial charge in [0.15, 0.2) is 5.82 Å². The Hall–Kier alpha value is -1.65. The number of hydrogen-bond acceptors (Lipinski definition) is 5. The van der Waals surface area contributed by atoms with Crippen LogP contribution in [0.2, 0.25) is 0 Å². The molecule has 0 amide bonds. The molecule has 0 bridgehead atoms. The van der Waals surface area contributed by atoms with Gasteiger partial charge < -0.3 is 11.1 Å². The van der Waals surface area contributed by atoms with Crippen LogP contribution < -0.4 is 11.1 Å². The Balaban J connectivity index is 2.01. The summed E-state index contributed by atoms with van der Waals surface area (Å²) in [6.07, 6.45) is 5.35. The molecule has 1 saturated carbocycles. The standard InChI is InChI=1S/C11H15N5/c1-2-6-5-13-9-8(6)15-11(12)16-10(9)14-7-3-4-7/h5-7H,2-4H2,1H3,(H3,12,14,15,16). The molecule has 1 aliphatic heterocycles. The SMILES string of the molecule is CCC1C=Nc2c(NC3CC3)nc(N)nc21. The first-order chi connectivity index (χ1) is 7.78. The van der Waals surface area contributed by atoms with Crippen molar-refractivity contribution in [2.45, 2.75) is 38.1 Å². The summed E-state index contributed by atoms with van der Waals surface area (Å²) in [4.78, 5) is 12.9. The van der Waals surface area contributed by atoms with Gasteiger partial charge >= 0.3 is 0 Å². The van der Waals surface area contributed by atoms with Crippen LogP contribution in [0.4, 0.5) is 17.5 Å². The van der Waals surface area contributed by atoms with E-state index in [0.717, 1.165) is 23.6 Å². The lowest BCUT2D eigenvalue weighted by Crippen LogP contribution is -2.08. The van der Waals surface area contributed by atoms with Crippen molar-refractivity contribution in [3.63, 3.8) is 0 Å². The van der Waals surface area contributed by atoms with Crippen molar-refractivity contribution in [3.8, 4) is 0 Å². The van der Waals surface area contributed by atoms with Crippen LogP contribution in [0.25, 0.3) is 0 Å². The van der Waals surface area contributed by atoms with E-state index in [1.54, 1.807) is 0 Å². The summed E-state index contributed by atoms with van der Waals surface area (Å²) < 4.78 is 0. The predicted octanol–water partition coefficient (Wildman–Crippen LogP) is 1.84. The van der Waals surface area contributed by atoms with Gasteiger partial charge in [-0.05, 0) is 19.3 Å². The van der Waals surface area contributed by atoms with E-state index in [1.165, 1.54) is 12.8 Å². The highest BCUT2D eigenvalue weighted by Gasteiger charge is 2.27. The van der Waals surface area contributed by atoms with E-state index in [9.17, 15) is 0 Å². The zero-order valence-electron chi connectivity index (χ0n) is 9.27. The van der Waals surface area contributed by atoms with Gasteiger partial charge in [-0.15, -0.1) is 0 Å². The Kier molecular flexibility index (Phi) is 2.05. The summed E-state index contributed by atoms with van der Waals surface area (Å²) in [6, 6.07) is 0.550. The lowest BCUT2D eigenvalue weighted by Gasteiger charge is -2.10. The second-order valence-electron chi connectivity index (χ2n) is 4.38. The number of aromatic nitrogens is 2. The van der Waals surface area contributed by atoms with Gasteiger partial charge in [0.25, 0.3) is 0 Å². The van der Waals surface area contributed by atoms with Gasteiger partial charge in [-0.2, -0.15) is 4.98 Å². The molecule has 2 heterocycles. The molecule has 1 unspecified atom stereocenters. The summed E-state index contributed by atoms with van der Waals surface area (Å²) in [6.45, 7) is 2.12. The lowest BCUT2D eigenvalue weighted by molar-refractivity contribution is 0.839. The highest BCUT2D eigenvalue weighted by atomic mass is 15.1. The average molecular weight is 217 g/mol. The highest BCUT2D eigenvalue weighted by Crippen LogP contribution is 2.39. The molecule has 5 nitrogen and oxygen atoms in total. The first-order valence-electron chi connectivity index (χ1n) is 5.76. The molecule has 1 atom stereocenters. The third-order valence-electron chi connectivity index (χ3n) is 3.02. The molecule has 1 aliphatic carbocycles. The number of rotatable bonds is 3. The summed E-state index contributed by atoms with van der Waals surface area (Å²) >= 11 is 0. The van der Waals surface area contributed by atoms with Crippen LogP contribution in [0.3, 0.4) is 0 Å². The topological polar surface area (TPSA) is 76.2 Å². The van der Waals surface area contributed by atoms with Gasteiger partial charge in [-0.25, -0.2) is 4.98 Å². The van der Waals surface area contributed by atoms with Crippen LogP contribution in [0.5, 0.6) is 0 Å². The van der Waals surface area contributed by atoms with Crippen LogP contribution in [0.15, 0.2) is 4.99 Å². The molecular formula is C11H15N5. The fourth-order valence-electron chi connectivity index (χ4n) is 1.93. The van der Waals surface area contributed by atoms with E-state index in [-0.39, 0.29) is 0 Å². The van der Waals surface area contributed by atoms with Gasteiger partial charge in [0.1, 0.15) is 5.69 Å². The monoisotopic (exact) mass is 217 g/mol. The van der Waals surface area contributed by atoms with E-state index in [4.69, 9.17) is 5.73 Å². The number of nitrogens with one attached hydrogen (secondary N) is 1. The molecule has 3 rings (SSSR count). The molecule has 0 spiro atoms. The maximum Gasteiger partial charge on any atom is 0.222 e. The number of hydrogen-bond donors (Lipinski definition) is 2. The van der Waals surface area contributed by atoms with Crippen LogP contribution in [-0.2, 0) is 0 Å². The van der Waals surface area contributed by atoms with Crippen LogP contribution in [0, 0.1) is 0 Å². The predicted molar refractivity (Wildman–Crippen MR) is 64.3 cm³/mol. The molecule has 2 aliphatic rings. The van der Waals surface area contributed by atoms with E-state index in [1.807, 2.05) is 6.21 Å². The first-order valence-corrected chi connectivity index (χ1v) is 5.76. The first kappa shape index (κ1) is 9.57. The Bertz CT molecular complexity index is 450. The molecule has 84 valence electrons. The summed E-state index contributed by atoms with van der Waals surface area (Å²) in [5.41, 5.74) is 7.58. The fraction of sp³-hybridized carbons (Fsp3) is 0.545. The van der Waals surface area contributed by atoms with Crippen molar-refractivity contribution < 1.29 is 0 Å². The smallest absolute Gasteiger partial charge is 0.222 e. The molecule has 0 aromatic carbocycles. The highest BCUT2D eigenvalue weighted by molar-refractivity contribution is 5.84. The van der Waals surface area contributed by atoms with Crippen molar-refractivity contribution in [3.05, 3.63) is 5.69 Å². The second kappa shape index (κ2) is 3.43. The molecule has 16 heavy (non-hydrogen) atoms. The number of aliphatic imine (C=N–C) groups is 1. The van der Waals surface area contributed by atoms with Gasteiger partial charge in [0.05, 0.1) is 5.69 Å². The zero-order valence-corrected chi connectivity index (χ0v) is 9.27. The van der Waals surface area contributed by atoms with Gasteiger partial charge in [0.2, 0.25) is 5.95 Å². The fourth-order valence-corrected chi connectivity index (χ4v) is 1.93. The third-order valence-corrected chi connectivity index (χ3v) is 3.02. The van der Waals surface area contributed by atoms with E-state index >= 15 is 0 Å². The summed E-state index contributed by atoms with van der Waals surface area (Å²) in [7, 11) is 0. The van der Waals surface area contributed by atoms with Crippen molar-refractivity contribution in [2.75, 3.05) is 11.1 Å². The van der Waals surface area contributed by atoms with Gasteiger partial charge in [-0.1, -0.05) is 6.92 Å². The largest absolute Gasteiger partial charge is 0.368 e. The molecule has 1 fully saturated rings. The molecule has 1 aromatic heterocycles. The minimum atomic E-state index is 0.292. The van der Waals surface area contributed by atoms with Gasteiger partial charge in [-0.3, -0.25) is 4.99 Å². The summed E-state index contributed by atoms with van der Waals surface area (Å²) in [5.74, 6) is 1.43. The number of nitrogen functional groups attached to an aromatic ring is 1. The van der Waals surface area contributed by atoms with Gasteiger partial charge in [0, 0.05) is 18.2 Å². The maximum absolute atomic E-state index is 5.73. The van der Waals surface area contributed by atoms with Crippen molar-refractivity contribution in [1.82, 2.24) is 9.97 Å². The average Bonchev–Trinajstić information content (AvgIpc) is 2.96. The third kappa shape index (κ3) is 1.52. The number of fused-ring (bicyclic) bond motifs is 1. The molecular weight excluding hydrogens is 202 g/mol. The van der Waals surface area contributed by atoms with E-state index in [0.29, 0.717) is 17.9 Å². The zero-order chi connectivity index (χ0) is 11.1.